The molecule has 2 aromatic rings. The maximum atomic E-state index is 12.8. The summed E-state index contributed by atoms with van der Waals surface area (Å²) in [5.41, 5.74) is 1.10. The number of carbonyl (C=O) groups excluding carboxylic acids is 2. The van der Waals surface area contributed by atoms with Gasteiger partial charge in [-0.15, -0.1) is 0 Å². The standard InChI is InChI=1S/C16H15ClN2O5/c1-9-13(15(20)10-5-3-4-6-11(10)17)14(16(21)24-2)12(18-9)7-8-19(22)23/h3-6,18H,7-8H2,1-2H3. The lowest BCUT2D eigenvalue weighted by atomic mass is 9.98. The molecule has 0 aliphatic carbocycles. The van der Waals surface area contributed by atoms with E-state index in [4.69, 9.17) is 16.3 Å². The number of hydrogen-bond donors (Lipinski definition) is 1. The van der Waals surface area contributed by atoms with Crippen molar-refractivity contribution in [2.45, 2.75) is 13.3 Å². The summed E-state index contributed by atoms with van der Waals surface area (Å²) in [5, 5.41) is 10.9. The van der Waals surface area contributed by atoms with Gasteiger partial charge in [0, 0.05) is 21.9 Å². The van der Waals surface area contributed by atoms with Gasteiger partial charge in [-0.3, -0.25) is 14.9 Å². The second-order valence-corrected chi connectivity index (χ2v) is 5.49. The number of nitro groups is 1. The van der Waals surface area contributed by atoms with E-state index >= 15 is 0 Å². The fourth-order valence-electron chi connectivity index (χ4n) is 2.47. The molecule has 2 rings (SSSR count). The first-order chi connectivity index (χ1) is 11.4. The molecule has 0 fully saturated rings. The van der Waals surface area contributed by atoms with Crippen molar-refractivity contribution in [3.05, 3.63) is 67.5 Å². The maximum Gasteiger partial charge on any atom is 0.340 e. The number of aromatic amines is 1. The number of H-pyrrole nitrogens is 1. The van der Waals surface area contributed by atoms with Crippen LogP contribution in [-0.2, 0) is 11.2 Å². The molecule has 126 valence electrons. The highest BCUT2D eigenvalue weighted by molar-refractivity contribution is 6.35. The number of halogens is 1. The van der Waals surface area contributed by atoms with Crippen molar-refractivity contribution in [3.8, 4) is 0 Å². The first kappa shape index (κ1) is 17.7. The van der Waals surface area contributed by atoms with E-state index in [1.807, 2.05) is 0 Å². The molecule has 0 aliphatic heterocycles. The van der Waals surface area contributed by atoms with Crippen LogP contribution in [0.25, 0.3) is 0 Å². The summed E-state index contributed by atoms with van der Waals surface area (Å²) in [6, 6.07) is 6.47. The Morgan fingerprint density at radius 2 is 1.96 bits per heavy atom. The molecule has 1 aromatic carbocycles. The van der Waals surface area contributed by atoms with Gasteiger partial charge in [-0.1, -0.05) is 23.7 Å². The van der Waals surface area contributed by atoms with Gasteiger partial charge in [0.2, 0.25) is 6.54 Å². The number of nitrogens with zero attached hydrogens (tertiary/aromatic N) is 1. The summed E-state index contributed by atoms with van der Waals surface area (Å²) in [5.74, 6) is -1.17. The zero-order chi connectivity index (χ0) is 17.9. The molecule has 0 atom stereocenters. The molecule has 0 saturated carbocycles. The van der Waals surface area contributed by atoms with E-state index in [2.05, 4.69) is 4.98 Å². The molecular formula is C16H15ClN2O5. The molecule has 0 unspecified atom stereocenters. The lowest BCUT2D eigenvalue weighted by Crippen LogP contribution is -2.14. The molecule has 0 saturated heterocycles. The van der Waals surface area contributed by atoms with Gasteiger partial charge in [-0.2, -0.15) is 0 Å². The highest BCUT2D eigenvalue weighted by atomic mass is 35.5. The third kappa shape index (κ3) is 3.46. The molecule has 0 spiro atoms. The zero-order valence-corrected chi connectivity index (χ0v) is 13.8. The predicted octanol–water partition coefficient (Wildman–Crippen LogP) is 2.81. The van der Waals surface area contributed by atoms with Crippen LogP contribution in [0.4, 0.5) is 0 Å². The molecule has 7 nitrogen and oxygen atoms in total. The zero-order valence-electron chi connectivity index (χ0n) is 13.1. The van der Waals surface area contributed by atoms with Crippen LogP contribution < -0.4 is 0 Å². The van der Waals surface area contributed by atoms with Crippen molar-refractivity contribution in [1.29, 1.82) is 0 Å². The van der Waals surface area contributed by atoms with Crippen molar-refractivity contribution in [2.75, 3.05) is 13.7 Å². The topological polar surface area (TPSA) is 102 Å². The van der Waals surface area contributed by atoms with Crippen LogP contribution >= 0.6 is 11.6 Å². The number of esters is 1. The molecule has 0 bridgehead atoms. The third-order valence-corrected chi connectivity index (χ3v) is 3.87. The number of methoxy groups -OCH3 is 1. The average molecular weight is 351 g/mol. The average Bonchev–Trinajstić information content (AvgIpc) is 2.88. The molecule has 1 heterocycles. The lowest BCUT2D eigenvalue weighted by molar-refractivity contribution is -0.479. The van der Waals surface area contributed by atoms with Gasteiger partial charge in [0.05, 0.1) is 29.7 Å². The van der Waals surface area contributed by atoms with Gasteiger partial charge in [-0.05, 0) is 19.1 Å². The Morgan fingerprint density at radius 1 is 1.29 bits per heavy atom. The van der Waals surface area contributed by atoms with Crippen LogP contribution in [-0.4, -0.2) is 35.3 Å². The summed E-state index contributed by atoms with van der Waals surface area (Å²) in [6.07, 6.45) is -0.0198. The molecule has 0 aliphatic rings. The van der Waals surface area contributed by atoms with Crippen molar-refractivity contribution in [3.63, 3.8) is 0 Å². The van der Waals surface area contributed by atoms with Crippen LogP contribution in [0.1, 0.15) is 37.7 Å². The Kier molecular flexibility index (Phi) is 5.35. The monoisotopic (exact) mass is 350 g/mol. The molecule has 1 N–H and O–H groups in total. The minimum atomic E-state index is -0.729. The van der Waals surface area contributed by atoms with Gasteiger partial charge < -0.3 is 9.72 Å². The molecular weight excluding hydrogens is 336 g/mol. The predicted molar refractivity (Wildman–Crippen MR) is 87.3 cm³/mol. The van der Waals surface area contributed by atoms with Crippen LogP contribution in [0.15, 0.2) is 24.3 Å². The van der Waals surface area contributed by atoms with E-state index in [0.29, 0.717) is 11.4 Å². The van der Waals surface area contributed by atoms with Crippen LogP contribution in [0.3, 0.4) is 0 Å². The Bertz CT molecular complexity index is 813. The number of hydrogen-bond acceptors (Lipinski definition) is 5. The molecule has 0 amide bonds. The highest BCUT2D eigenvalue weighted by Gasteiger charge is 2.28. The van der Waals surface area contributed by atoms with Crippen LogP contribution in [0.2, 0.25) is 5.02 Å². The number of aromatic nitrogens is 1. The van der Waals surface area contributed by atoms with Crippen LogP contribution in [0.5, 0.6) is 0 Å². The summed E-state index contributed by atoms with van der Waals surface area (Å²) in [4.78, 5) is 38.0. The Morgan fingerprint density at radius 3 is 2.54 bits per heavy atom. The van der Waals surface area contributed by atoms with Gasteiger partial charge in [-0.25, -0.2) is 4.79 Å². The fraction of sp³-hybridized carbons (Fsp3) is 0.250. The smallest absolute Gasteiger partial charge is 0.340 e. The van der Waals surface area contributed by atoms with E-state index in [9.17, 15) is 19.7 Å². The highest BCUT2D eigenvalue weighted by Crippen LogP contribution is 2.26. The Balaban J connectivity index is 2.56. The van der Waals surface area contributed by atoms with E-state index in [-0.39, 0.29) is 34.7 Å². The third-order valence-electron chi connectivity index (χ3n) is 3.54. The second-order valence-electron chi connectivity index (χ2n) is 5.09. The summed E-state index contributed by atoms with van der Waals surface area (Å²) in [6.45, 7) is 1.25. The molecule has 1 aromatic heterocycles. The fourth-order valence-corrected chi connectivity index (χ4v) is 2.69. The van der Waals surface area contributed by atoms with Crippen LogP contribution in [0, 0.1) is 17.0 Å². The van der Waals surface area contributed by atoms with Crippen molar-refractivity contribution < 1.29 is 19.2 Å². The number of carbonyl (C=O) groups is 2. The second kappa shape index (κ2) is 7.27. The first-order valence-electron chi connectivity index (χ1n) is 7.07. The normalized spacial score (nSPS) is 10.5. The maximum absolute atomic E-state index is 12.8. The molecule has 24 heavy (non-hydrogen) atoms. The van der Waals surface area contributed by atoms with E-state index < -0.39 is 16.7 Å². The first-order valence-corrected chi connectivity index (χ1v) is 7.45. The molecule has 8 heteroatoms. The van der Waals surface area contributed by atoms with Gasteiger partial charge in [0.1, 0.15) is 0 Å². The number of benzene rings is 1. The lowest BCUT2D eigenvalue weighted by Gasteiger charge is -2.06. The summed E-state index contributed by atoms with van der Waals surface area (Å²) < 4.78 is 4.74. The van der Waals surface area contributed by atoms with E-state index in [0.717, 1.165) is 0 Å². The number of ketones is 1. The van der Waals surface area contributed by atoms with Crippen molar-refractivity contribution >= 4 is 23.4 Å². The van der Waals surface area contributed by atoms with Gasteiger partial charge in [0.25, 0.3) is 0 Å². The van der Waals surface area contributed by atoms with E-state index in [1.165, 1.54) is 7.11 Å². The number of aryl methyl sites for hydroxylation is 1. The largest absolute Gasteiger partial charge is 0.465 e. The number of ether oxygens (including phenoxy) is 1. The van der Waals surface area contributed by atoms with E-state index in [1.54, 1.807) is 31.2 Å². The number of rotatable bonds is 6. The number of nitrogens with one attached hydrogen (secondary N) is 1. The quantitative estimate of drug-likeness (QED) is 0.373. The van der Waals surface area contributed by atoms with Gasteiger partial charge >= 0.3 is 5.97 Å². The van der Waals surface area contributed by atoms with Crippen molar-refractivity contribution in [1.82, 2.24) is 4.98 Å². The Labute approximate surface area is 142 Å². The Hall–Kier alpha value is -2.67. The summed E-state index contributed by atoms with van der Waals surface area (Å²) >= 11 is 6.06. The van der Waals surface area contributed by atoms with Gasteiger partial charge in [0.15, 0.2) is 5.78 Å². The minimum Gasteiger partial charge on any atom is -0.465 e. The summed E-state index contributed by atoms with van der Waals surface area (Å²) in [7, 11) is 1.19. The van der Waals surface area contributed by atoms with Crippen molar-refractivity contribution in [2.24, 2.45) is 0 Å². The minimum absolute atomic E-state index is 0.0155. The SMILES string of the molecule is COC(=O)c1c(CC[N+](=O)[O-])[nH]c(C)c1C(=O)c1ccccc1Cl. The molecule has 0 radical (unpaired) electrons.